The van der Waals surface area contributed by atoms with Crippen molar-refractivity contribution >= 4 is 0 Å². The summed E-state index contributed by atoms with van der Waals surface area (Å²) in [6.07, 6.45) is 0.250. The van der Waals surface area contributed by atoms with Gasteiger partial charge in [-0.3, -0.25) is 0 Å². The molecule has 0 radical (unpaired) electrons. The summed E-state index contributed by atoms with van der Waals surface area (Å²) in [6, 6.07) is 18.2. The summed E-state index contributed by atoms with van der Waals surface area (Å²) in [6.45, 7) is 4.87. The van der Waals surface area contributed by atoms with Crippen molar-refractivity contribution in [2.45, 2.75) is 20.0 Å². The predicted molar refractivity (Wildman–Crippen MR) is 64.1 cm³/mol. The van der Waals surface area contributed by atoms with Crippen molar-refractivity contribution in [1.82, 2.24) is 0 Å². The number of hydrogen-bond donors (Lipinski definition) is 0. The molecule has 0 aromatic heterocycles. The fraction of sp³-hybridized carbons (Fsp3) is 0.286. The number of hydrogen-bond acceptors (Lipinski definition) is 1. The minimum absolute atomic E-state index is 0. The number of rotatable bonds is 3. The third kappa shape index (κ3) is 5.92. The Hall–Kier alpha value is -0.821. The van der Waals surface area contributed by atoms with Crippen LogP contribution in [-0.2, 0) is 21.8 Å². The molecule has 0 spiro atoms. The van der Waals surface area contributed by atoms with Crippen LogP contribution in [0.4, 0.5) is 0 Å². The molecule has 0 amide bonds. The molecule has 2 rings (SSSR count). The van der Waals surface area contributed by atoms with Gasteiger partial charge >= 0.3 is 0 Å². The molecule has 16 heavy (non-hydrogen) atoms. The van der Waals surface area contributed by atoms with Crippen molar-refractivity contribution in [1.29, 1.82) is 0 Å². The summed E-state index contributed by atoms with van der Waals surface area (Å²) in [5, 5.41) is 0. The van der Waals surface area contributed by atoms with Crippen LogP contribution in [0.2, 0.25) is 0 Å². The van der Waals surface area contributed by atoms with Crippen LogP contribution < -0.4 is 0 Å². The monoisotopic (exact) mass is 258 g/mol. The molecule has 0 N–H and O–H groups in total. The van der Waals surface area contributed by atoms with Crippen LogP contribution in [0.25, 0.3) is 0 Å². The molecule has 1 atom stereocenters. The van der Waals surface area contributed by atoms with E-state index >= 15 is 0 Å². The van der Waals surface area contributed by atoms with Crippen LogP contribution in [0.5, 0.6) is 0 Å². The smallest absolute Gasteiger partial charge is 0.0431 e. The zero-order valence-electron chi connectivity index (χ0n) is 9.74. The van der Waals surface area contributed by atoms with E-state index in [1.807, 2.05) is 49.4 Å². The first kappa shape index (κ1) is 15.2. The van der Waals surface area contributed by atoms with Crippen molar-refractivity contribution < 1.29 is 21.8 Å². The first-order valence-electron chi connectivity index (χ1n) is 5.34. The van der Waals surface area contributed by atoms with Gasteiger partial charge in [0.15, 0.2) is 0 Å². The van der Waals surface area contributed by atoms with E-state index in [9.17, 15) is 0 Å². The van der Waals surface area contributed by atoms with E-state index in [2.05, 4.69) is 19.1 Å². The van der Waals surface area contributed by atoms with Gasteiger partial charge < -0.3 is 35.1 Å². The van der Waals surface area contributed by atoms with E-state index in [-0.39, 0.29) is 23.2 Å². The van der Waals surface area contributed by atoms with Gasteiger partial charge in [-0.2, -0.15) is 12.1 Å². The first-order chi connectivity index (χ1) is 7.34. The molecule has 94 valence electrons. The topological polar surface area (TPSA) is 9.23 Å². The molecule has 0 aliphatic heterocycles. The SMILES string of the molecule is CCOC(C)[c-]1cccc1.[Fe].[cH-]1[cH-][cH-][cH-][cH-]1. The Bertz CT molecular complexity index is 293. The van der Waals surface area contributed by atoms with Gasteiger partial charge in [0.05, 0.1) is 0 Å². The molecule has 2 aromatic carbocycles. The Balaban J connectivity index is 0.000000318. The van der Waals surface area contributed by atoms with Crippen molar-refractivity contribution in [2.75, 3.05) is 6.61 Å². The molecule has 1 nitrogen and oxygen atoms in total. The average molecular weight is 258 g/mol. The van der Waals surface area contributed by atoms with Crippen molar-refractivity contribution in [3.8, 4) is 0 Å². The zero-order valence-corrected chi connectivity index (χ0v) is 10.8. The summed E-state index contributed by atoms with van der Waals surface area (Å²) in [4.78, 5) is 0. The summed E-state index contributed by atoms with van der Waals surface area (Å²) in [5.41, 5.74) is 1.27. The van der Waals surface area contributed by atoms with Crippen LogP contribution in [0.1, 0.15) is 25.5 Å². The molecule has 0 saturated carbocycles. The van der Waals surface area contributed by atoms with E-state index in [0.29, 0.717) is 0 Å². The molecule has 0 aliphatic carbocycles. The molecule has 0 fully saturated rings. The normalized spacial score (nSPS) is 10.9. The predicted octanol–water partition coefficient (Wildman–Crippen LogP) is 3.91. The van der Waals surface area contributed by atoms with Gasteiger partial charge in [0.1, 0.15) is 0 Å². The fourth-order valence-electron chi connectivity index (χ4n) is 1.33. The zero-order chi connectivity index (χ0) is 10.9. The second-order valence-electron chi connectivity index (χ2n) is 3.28. The fourth-order valence-corrected chi connectivity index (χ4v) is 1.33. The van der Waals surface area contributed by atoms with E-state index in [1.165, 1.54) is 5.56 Å². The standard InChI is InChI=1S/C9H13O.C5H5.Fe/c1-3-10-8(2)9-6-4-5-7-9;1-2-4-5-3-1;/h4-8H,3H2,1-2H3;1-5H;/q-1;-5;. The maximum atomic E-state index is 5.39. The summed E-state index contributed by atoms with van der Waals surface area (Å²) >= 11 is 0. The van der Waals surface area contributed by atoms with Crippen LogP contribution >= 0.6 is 0 Å². The van der Waals surface area contributed by atoms with E-state index in [1.54, 1.807) is 0 Å². The molecule has 0 bridgehead atoms. The number of ether oxygens (including phenoxy) is 1. The van der Waals surface area contributed by atoms with Gasteiger partial charge in [-0.1, -0.05) is 0 Å². The van der Waals surface area contributed by atoms with E-state index < -0.39 is 0 Å². The van der Waals surface area contributed by atoms with E-state index in [0.717, 1.165) is 6.61 Å². The molecule has 0 saturated heterocycles. The minimum Gasteiger partial charge on any atom is -0.748 e. The summed E-state index contributed by atoms with van der Waals surface area (Å²) in [5.74, 6) is 0. The second kappa shape index (κ2) is 9.41. The summed E-state index contributed by atoms with van der Waals surface area (Å²) in [7, 11) is 0. The molecule has 0 aliphatic rings. The third-order valence-corrected chi connectivity index (χ3v) is 2.13. The Morgan fingerprint density at radius 1 is 1.06 bits per heavy atom. The minimum atomic E-state index is 0. The third-order valence-electron chi connectivity index (χ3n) is 2.13. The van der Waals surface area contributed by atoms with Gasteiger partial charge in [-0.05, 0) is 13.8 Å². The molecule has 2 aromatic rings. The Morgan fingerprint density at radius 3 is 1.88 bits per heavy atom. The van der Waals surface area contributed by atoms with Gasteiger partial charge in [-0.25, -0.2) is 12.1 Å². The molecule has 2 heteroatoms. The van der Waals surface area contributed by atoms with E-state index in [4.69, 9.17) is 4.74 Å². The van der Waals surface area contributed by atoms with Crippen molar-refractivity contribution in [3.05, 3.63) is 60.2 Å². The Morgan fingerprint density at radius 2 is 1.50 bits per heavy atom. The van der Waals surface area contributed by atoms with Crippen LogP contribution in [0, 0.1) is 0 Å². The molecular formula is C14H18FeO-6. The maximum absolute atomic E-state index is 5.39. The average Bonchev–Trinajstić information content (AvgIpc) is 2.95. The Labute approximate surface area is 109 Å². The van der Waals surface area contributed by atoms with Gasteiger partial charge in [0.25, 0.3) is 0 Å². The van der Waals surface area contributed by atoms with Gasteiger partial charge in [0, 0.05) is 29.8 Å². The van der Waals surface area contributed by atoms with Crippen molar-refractivity contribution in [3.63, 3.8) is 0 Å². The van der Waals surface area contributed by atoms with Gasteiger partial charge in [0.2, 0.25) is 0 Å². The quantitative estimate of drug-likeness (QED) is 0.599. The largest absolute Gasteiger partial charge is 0.748 e. The van der Waals surface area contributed by atoms with Crippen LogP contribution in [0.15, 0.2) is 54.6 Å². The molecule has 1 unspecified atom stereocenters. The Kier molecular flexibility index (Phi) is 8.93. The summed E-state index contributed by atoms with van der Waals surface area (Å²) < 4.78 is 5.39. The van der Waals surface area contributed by atoms with Crippen LogP contribution in [0.3, 0.4) is 0 Å². The van der Waals surface area contributed by atoms with Gasteiger partial charge in [-0.15, -0.1) is 5.56 Å². The molecule has 0 heterocycles. The van der Waals surface area contributed by atoms with Crippen LogP contribution in [-0.4, -0.2) is 6.61 Å². The first-order valence-corrected chi connectivity index (χ1v) is 5.34. The van der Waals surface area contributed by atoms with Crippen molar-refractivity contribution in [2.24, 2.45) is 0 Å². The molecular weight excluding hydrogens is 240 g/mol. The maximum Gasteiger partial charge on any atom is 0.0431 e. The second-order valence-corrected chi connectivity index (χ2v) is 3.28.